The second kappa shape index (κ2) is 3.63. The fourth-order valence-electron chi connectivity index (χ4n) is 1.15. The number of amides is 1. The molecule has 0 aromatic heterocycles. The topological polar surface area (TPSA) is 72.5 Å². The zero-order chi connectivity index (χ0) is 10.1. The fourth-order valence-corrected chi connectivity index (χ4v) is 1.63. The van der Waals surface area contributed by atoms with Gasteiger partial charge in [-0.1, -0.05) is 0 Å². The highest BCUT2D eigenvalue weighted by atomic mass is 32.2. The Hall–Kier alpha value is -0.620. The van der Waals surface area contributed by atoms with Gasteiger partial charge in [-0.05, 0) is 18.8 Å². The van der Waals surface area contributed by atoms with Crippen LogP contribution in [0, 0.1) is 5.92 Å². The van der Waals surface area contributed by atoms with Crippen LogP contribution in [0.5, 0.6) is 0 Å². The first-order chi connectivity index (χ1) is 5.94. The van der Waals surface area contributed by atoms with Gasteiger partial charge in [0.25, 0.3) is 5.91 Å². The van der Waals surface area contributed by atoms with Crippen molar-refractivity contribution in [3.8, 4) is 0 Å². The van der Waals surface area contributed by atoms with Crippen LogP contribution < -0.4 is 4.72 Å². The van der Waals surface area contributed by atoms with Gasteiger partial charge in [-0.15, -0.1) is 0 Å². The van der Waals surface area contributed by atoms with E-state index in [4.69, 9.17) is 4.74 Å². The molecular weight excluding hydrogens is 194 g/mol. The number of carbonyl (C=O) groups is 1. The third-order valence-corrected chi connectivity index (χ3v) is 2.42. The van der Waals surface area contributed by atoms with E-state index in [2.05, 4.69) is 0 Å². The van der Waals surface area contributed by atoms with Crippen LogP contribution in [0.4, 0.5) is 0 Å². The number of methoxy groups -OCH3 is 1. The van der Waals surface area contributed by atoms with Gasteiger partial charge >= 0.3 is 0 Å². The fraction of sp³-hybridized carbons (Fsp3) is 0.857. The van der Waals surface area contributed by atoms with Crippen LogP contribution in [-0.2, 0) is 19.6 Å². The molecule has 0 aliphatic heterocycles. The number of ether oxygens (including phenoxy) is 1. The van der Waals surface area contributed by atoms with Gasteiger partial charge in [-0.3, -0.25) is 9.52 Å². The predicted molar refractivity (Wildman–Crippen MR) is 46.5 cm³/mol. The van der Waals surface area contributed by atoms with Crippen molar-refractivity contribution in [3.05, 3.63) is 0 Å². The highest BCUT2D eigenvalue weighted by Gasteiger charge is 2.37. The van der Waals surface area contributed by atoms with Gasteiger partial charge in [-0.2, -0.15) is 0 Å². The molecule has 1 aliphatic carbocycles. The highest BCUT2D eigenvalue weighted by Crippen LogP contribution is 2.34. The molecule has 1 atom stereocenters. The maximum atomic E-state index is 11.3. The Bertz CT molecular complexity index is 294. The Morgan fingerprint density at radius 1 is 1.54 bits per heavy atom. The van der Waals surface area contributed by atoms with Gasteiger partial charge < -0.3 is 4.74 Å². The van der Waals surface area contributed by atoms with E-state index in [1.807, 2.05) is 4.72 Å². The molecule has 1 N–H and O–H groups in total. The van der Waals surface area contributed by atoms with Gasteiger partial charge in [-0.25, -0.2) is 8.42 Å². The zero-order valence-electron chi connectivity index (χ0n) is 7.61. The minimum Gasteiger partial charge on any atom is -0.371 e. The summed E-state index contributed by atoms with van der Waals surface area (Å²) in [7, 11) is -2.06. The summed E-state index contributed by atoms with van der Waals surface area (Å²) in [5.41, 5.74) is 0. The number of hydrogen-bond acceptors (Lipinski definition) is 4. The molecule has 0 aromatic rings. The van der Waals surface area contributed by atoms with Crippen molar-refractivity contribution in [2.24, 2.45) is 5.92 Å². The third kappa shape index (κ3) is 3.31. The highest BCUT2D eigenvalue weighted by molar-refractivity contribution is 7.89. The average molecular weight is 207 g/mol. The molecule has 1 unspecified atom stereocenters. The Kier molecular flexibility index (Phi) is 2.92. The van der Waals surface area contributed by atoms with Crippen LogP contribution in [0.2, 0.25) is 0 Å². The molecule has 5 nitrogen and oxygen atoms in total. The van der Waals surface area contributed by atoms with Crippen LogP contribution in [0.15, 0.2) is 0 Å². The molecule has 0 saturated heterocycles. The van der Waals surface area contributed by atoms with Crippen molar-refractivity contribution in [3.63, 3.8) is 0 Å². The molecule has 0 aromatic carbocycles. The van der Waals surface area contributed by atoms with Gasteiger partial charge in [0, 0.05) is 7.11 Å². The number of rotatable bonds is 4. The van der Waals surface area contributed by atoms with E-state index in [0.717, 1.165) is 19.1 Å². The van der Waals surface area contributed by atoms with E-state index in [0.29, 0.717) is 0 Å². The summed E-state index contributed by atoms with van der Waals surface area (Å²) in [6.45, 7) is 0. The van der Waals surface area contributed by atoms with Crippen molar-refractivity contribution in [1.29, 1.82) is 0 Å². The van der Waals surface area contributed by atoms with E-state index in [-0.39, 0.29) is 5.92 Å². The van der Waals surface area contributed by atoms with Crippen molar-refractivity contribution >= 4 is 15.9 Å². The van der Waals surface area contributed by atoms with Gasteiger partial charge in [0.2, 0.25) is 10.0 Å². The molecule has 6 heteroatoms. The predicted octanol–water partition coefficient (Wildman–Crippen LogP) is -0.513. The number of sulfonamides is 1. The molecule has 13 heavy (non-hydrogen) atoms. The lowest BCUT2D eigenvalue weighted by Crippen LogP contribution is -2.40. The molecular formula is C7H13NO4S. The summed E-state index contributed by atoms with van der Waals surface area (Å²) < 4.78 is 28.2. The van der Waals surface area contributed by atoms with Gasteiger partial charge in [0.05, 0.1) is 6.26 Å². The van der Waals surface area contributed by atoms with E-state index >= 15 is 0 Å². The molecule has 1 saturated carbocycles. The summed E-state index contributed by atoms with van der Waals surface area (Å²) in [6.07, 6.45) is 2.19. The zero-order valence-corrected chi connectivity index (χ0v) is 8.43. The first-order valence-electron chi connectivity index (χ1n) is 3.98. The first kappa shape index (κ1) is 10.5. The molecule has 1 fully saturated rings. The smallest absolute Gasteiger partial charge is 0.262 e. The van der Waals surface area contributed by atoms with Crippen LogP contribution >= 0.6 is 0 Å². The largest absolute Gasteiger partial charge is 0.371 e. The summed E-state index contributed by atoms with van der Waals surface area (Å²) in [5, 5.41) is 0. The molecule has 1 rings (SSSR count). The van der Waals surface area contributed by atoms with Crippen LogP contribution in [0.3, 0.4) is 0 Å². The number of hydrogen-bond donors (Lipinski definition) is 1. The van der Waals surface area contributed by atoms with Crippen molar-refractivity contribution < 1.29 is 17.9 Å². The lowest BCUT2D eigenvalue weighted by atomic mass is 10.2. The standard InChI is InChI=1S/C7H13NO4S/c1-12-6(5-3-4-5)7(9)8-13(2,10)11/h5-6H,3-4H2,1-2H3,(H,8,9). The lowest BCUT2D eigenvalue weighted by molar-refractivity contribution is -0.130. The maximum absolute atomic E-state index is 11.3. The Morgan fingerprint density at radius 3 is 2.38 bits per heavy atom. The van der Waals surface area contributed by atoms with Gasteiger partial charge in [0.15, 0.2) is 0 Å². The lowest BCUT2D eigenvalue weighted by Gasteiger charge is -2.12. The molecule has 0 spiro atoms. The quantitative estimate of drug-likeness (QED) is 0.673. The second-order valence-electron chi connectivity index (χ2n) is 3.23. The van der Waals surface area contributed by atoms with Crippen molar-refractivity contribution in [1.82, 2.24) is 4.72 Å². The Balaban J connectivity index is 2.54. The third-order valence-electron chi connectivity index (χ3n) is 1.85. The van der Waals surface area contributed by atoms with E-state index in [9.17, 15) is 13.2 Å². The Morgan fingerprint density at radius 2 is 2.08 bits per heavy atom. The number of carbonyl (C=O) groups excluding carboxylic acids is 1. The average Bonchev–Trinajstić information content (AvgIpc) is 2.68. The SMILES string of the molecule is COC(C(=O)NS(C)(=O)=O)C1CC1. The van der Waals surface area contributed by atoms with Crippen LogP contribution in [0.1, 0.15) is 12.8 Å². The maximum Gasteiger partial charge on any atom is 0.262 e. The molecule has 1 amide bonds. The van der Waals surface area contributed by atoms with Gasteiger partial charge in [0.1, 0.15) is 6.10 Å². The second-order valence-corrected chi connectivity index (χ2v) is 4.98. The molecule has 0 bridgehead atoms. The van der Waals surface area contributed by atoms with E-state index in [1.165, 1.54) is 7.11 Å². The summed E-state index contributed by atoms with van der Waals surface area (Å²) >= 11 is 0. The monoisotopic (exact) mass is 207 g/mol. The van der Waals surface area contributed by atoms with E-state index in [1.54, 1.807) is 0 Å². The summed E-state index contributed by atoms with van der Waals surface area (Å²) in [4.78, 5) is 11.3. The molecule has 0 radical (unpaired) electrons. The minimum absolute atomic E-state index is 0.187. The van der Waals surface area contributed by atoms with Crippen LogP contribution in [0.25, 0.3) is 0 Å². The summed E-state index contributed by atoms with van der Waals surface area (Å²) in [6, 6.07) is 0. The first-order valence-corrected chi connectivity index (χ1v) is 5.87. The summed E-state index contributed by atoms with van der Waals surface area (Å²) in [5.74, 6) is -0.376. The normalized spacial score (nSPS) is 19.5. The molecule has 76 valence electrons. The molecule has 1 aliphatic rings. The minimum atomic E-state index is -3.46. The van der Waals surface area contributed by atoms with E-state index < -0.39 is 22.0 Å². The molecule has 0 heterocycles. The van der Waals surface area contributed by atoms with Crippen molar-refractivity contribution in [2.45, 2.75) is 18.9 Å². The number of nitrogens with one attached hydrogen (secondary N) is 1. The Labute approximate surface area is 77.5 Å². The van der Waals surface area contributed by atoms with Crippen molar-refractivity contribution in [2.75, 3.05) is 13.4 Å². The van der Waals surface area contributed by atoms with Crippen LogP contribution in [-0.4, -0.2) is 33.8 Å².